The summed E-state index contributed by atoms with van der Waals surface area (Å²) in [6.07, 6.45) is 12.9. The Morgan fingerprint density at radius 3 is 2.45 bits per heavy atom. The zero-order valence-electron chi connectivity index (χ0n) is 29.5. The average Bonchev–Trinajstić information content (AvgIpc) is 3.03. The zero-order chi connectivity index (χ0) is 34.6. The molecule has 0 aliphatic carbocycles. The smallest absolute Gasteiger partial charge is 0.303 e. The fourth-order valence-corrected chi connectivity index (χ4v) is 6.40. The van der Waals surface area contributed by atoms with E-state index in [-0.39, 0.29) is 31.5 Å². The summed E-state index contributed by atoms with van der Waals surface area (Å²) in [4.78, 5) is 11.4. The number of aliphatic hydroxyl groups is 4. The fraction of sp³-hybridized carbons (Fsp3) is 0.675. The van der Waals surface area contributed by atoms with E-state index in [0.717, 1.165) is 80.1 Å². The molecule has 1 aliphatic rings. The minimum atomic E-state index is -0.952. The van der Waals surface area contributed by atoms with Crippen LogP contribution in [0.25, 0.3) is 0 Å². The Kier molecular flexibility index (Phi) is 19.9. The number of benzene rings is 1. The Morgan fingerprint density at radius 2 is 1.77 bits per heavy atom. The molecule has 1 heterocycles. The van der Waals surface area contributed by atoms with Crippen molar-refractivity contribution in [3.8, 4) is 11.8 Å². The molecule has 0 aromatic heterocycles. The molecule has 6 unspecified atom stereocenters. The second kappa shape index (κ2) is 23.0. The summed E-state index contributed by atoms with van der Waals surface area (Å²) in [6.45, 7) is 7.93. The standard InChI is InChI=1S/C40H63NO6/c1-5-6-7-16-35(44)25-24-34-23-22-33-14-9-8-13-32(33)15-11-17-38(30(4)43)41-39(37(34)27-36(45)28-42)18-10-12-31(20-19-29(2)3)21-26-40(46)47/h8-9,13-14,24-25,29-31,35-36,38-39,41-45H,5-7,10,12,16-23,26-28H2,1-4H3,(H,46,47). The molecule has 0 radical (unpaired) electrons. The van der Waals surface area contributed by atoms with Crippen molar-refractivity contribution in [1.82, 2.24) is 5.32 Å². The van der Waals surface area contributed by atoms with Crippen LogP contribution in [-0.4, -0.2) is 68.5 Å². The lowest BCUT2D eigenvalue weighted by Gasteiger charge is -2.32. The molecule has 0 saturated heterocycles. The topological polar surface area (TPSA) is 130 Å². The number of unbranched alkanes of at least 4 members (excludes halogenated alkanes) is 2. The third-order valence-corrected chi connectivity index (χ3v) is 9.37. The van der Waals surface area contributed by atoms with Crippen molar-refractivity contribution in [3.05, 3.63) is 58.7 Å². The molecule has 264 valence electrons. The monoisotopic (exact) mass is 653 g/mol. The molecular formula is C40H63NO6. The van der Waals surface area contributed by atoms with Crippen molar-refractivity contribution < 1.29 is 30.3 Å². The Labute approximate surface area is 284 Å². The summed E-state index contributed by atoms with van der Waals surface area (Å²) in [5.41, 5.74) is 4.08. The van der Waals surface area contributed by atoms with E-state index in [4.69, 9.17) is 0 Å². The summed E-state index contributed by atoms with van der Waals surface area (Å²) in [5.74, 6) is 6.73. The highest BCUT2D eigenvalue weighted by atomic mass is 16.4. The van der Waals surface area contributed by atoms with Crippen LogP contribution in [0, 0.1) is 23.7 Å². The van der Waals surface area contributed by atoms with Gasteiger partial charge in [-0.25, -0.2) is 0 Å². The number of rotatable bonds is 20. The molecule has 6 atom stereocenters. The van der Waals surface area contributed by atoms with E-state index in [2.05, 4.69) is 44.0 Å². The van der Waals surface area contributed by atoms with E-state index in [1.807, 2.05) is 30.4 Å². The minimum Gasteiger partial charge on any atom is -0.481 e. The molecule has 0 spiro atoms. The van der Waals surface area contributed by atoms with Gasteiger partial charge in [-0.3, -0.25) is 4.79 Å². The second-order valence-corrected chi connectivity index (χ2v) is 13.9. The van der Waals surface area contributed by atoms with Crippen LogP contribution in [0.4, 0.5) is 0 Å². The van der Waals surface area contributed by atoms with Crippen LogP contribution in [-0.2, 0) is 11.2 Å². The third-order valence-electron chi connectivity index (χ3n) is 9.37. The molecule has 0 bridgehead atoms. The Morgan fingerprint density at radius 1 is 1.00 bits per heavy atom. The van der Waals surface area contributed by atoms with Gasteiger partial charge in [0.1, 0.15) is 0 Å². The molecule has 6 N–H and O–H groups in total. The zero-order valence-corrected chi connectivity index (χ0v) is 29.5. The van der Waals surface area contributed by atoms with Crippen molar-refractivity contribution in [1.29, 1.82) is 0 Å². The van der Waals surface area contributed by atoms with E-state index in [0.29, 0.717) is 37.5 Å². The maximum atomic E-state index is 11.4. The molecule has 1 aromatic carbocycles. The Hall–Kier alpha value is -2.47. The summed E-state index contributed by atoms with van der Waals surface area (Å²) in [6, 6.07) is 7.58. The SMILES string of the molecule is CCCCCC(O)C=CC1=C(CC(O)CO)C(CCCC(CCC(=O)O)CCC(C)C)NC(C(C)O)CC#Cc2ccccc2CC1. The van der Waals surface area contributed by atoms with Gasteiger partial charge in [0.25, 0.3) is 0 Å². The van der Waals surface area contributed by atoms with Crippen molar-refractivity contribution in [2.45, 2.75) is 154 Å². The number of carbonyl (C=O) groups is 1. The average molecular weight is 654 g/mol. The highest BCUT2D eigenvalue weighted by molar-refractivity contribution is 5.66. The van der Waals surface area contributed by atoms with Crippen LogP contribution in [0.3, 0.4) is 0 Å². The number of nitrogens with one attached hydrogen (secondary N) is 1. The second-order valence-electron chi connectivity index (χ2n) is 13.9. The number of fused-ring (bicyclic) bond motifs is 1. The van der Waals surface area contributed by atoms with Crippen molar-refractivity contribution in [2.24, 2.45) is 11.8 Å². The molecule has 47 heavy (non-hydrogen) atoms. The molecule has 7 heteroatoms. The number of aliphatic hydroxyl groups excluding tert-OH is 4. The number of hydrogen-bond donors (Lipinski definition) is 6. The number of carboxylic acid groups (broad SMARTS) is 1. The lowest BCUT2D eigenvalue weighted by molar-refractivity contribution is -0.137. The summed E-state index contributed by atoms with van der Waals surface area (Å²) < 4.78 is 0. The number of allylic oxidation sites excluding steroid dienone is 2. The summed E-state index contributed by atoms with van der Waals surface area (Å²) >= 11 is 0. The molecule has 0 saturated carbocycles. The van der Waals surface area contributed by atoms with Crippen molar-refractivity contribution >= 4 is 5.97 Å². The van der Waals surface area contributed by atoms with Crippen LogP contribution in [0.15, 0.2) is 47.6 Å². The van der Waals surface area contributed by atoms with Crippen LogP contribution in [0.5, 0.6) is 0 Å². The molecule has 1 aliphatic heterocycles. The summed E-state index contributed by atoms with van der Waals surface area (Å²) in [5, 5.41) is 55.6. The van der Waals surface area contributed by atoms with Crippen LogP contribution < -0.4 is 5.32 Å². The first-order chi connectivity index (χ1) is 22.5. The van der Waals surface area contributed by atoms with Crippen molar-refractivity contribution in [3.63, 3.8) is 0 Å². The minimum absolute atomic E-state index is 0.165. The fourth-order valence-electron chi connectivity index (χ4n) is 6.40. The summed E-state index contributed by atoms with van der Waals surface area (Å²) in [7, 11) is 0. The molecule has 2 rings (SSSR count). The van der Waals surface area contributed by atoms with Gasteiger partial charge in [0.15, 0.2) is 0 Å². The van der Waals surface area contributed by atoms with E-state index in [1.54, 1.807) is 6.92 Å². The lowest BCUT2D eigenvalue weighted by atomic mass is 9.85. The van der Waals surface area contributed by atoms with Crippen LogP contribution in [0.1, 0.15) is 129 Å². The number of hydrogen-bond acceptors (Lipinski definition) is 6. The van der Waals surface area contributed by atoms with Crippen LogP contribution >= 0.6 is 0 Å². The van der Waals surface area contributed by atoms with Gasteiger partial charge in [-0.05, 0) is 80.1 Å². The van der Waals surface area contributed by atoms with Gasteiger partial charge in [-0.2, -0.15) is 0 Å². The highest BCUT2D eigenvalue weighted by Gasteiger charge is 2.26. The van der Waals surface area contributed by atoms with Gasteiger partial charge in [0, 0.05) is 30.5 Å². The quantitative estimate of drug-likeness (QED) is 0.0682. The number of aliphatic carboxylic acids is 1. The molecule has 0 amide bonds. The van der Waals surface area contributed by atoms with E-state index < -0.39 is 24.3 Å². The van der Waals surface area contributed by atoms with Gasteiger partial charge in [-0.1, -0.05) is 108 Å². The Bertz CT molecular complexity index is 1160. The maximum absolute atomic E-state index is 11.4. The first kappa shape index (κ1) is 40.7. The first-order valence-corrected chi connectivity index (χ1v) is 18.1. The highest BCUT2D eigenvalue weighted by Crippen LogP contribution is 2.29. The first-order valence-electron chi connectivity index (χ1n) is 18.1. The largest absolute Gasteiger partial charge is 0.481 e. The van der Waals surface area contributed by atoms with Crippen molar-refractivity contribution in [2.75, 3.05) is 6.61 Å². The molecular weight excluding hydrogens is 590 g/mol. The molecule has 0 fully saturated rings. The Balaban J connectivity index is 2.56. The van der Waals surface area contributed by atoms with Crippen LogP contribution in [0.2, 0.25) is 0 Å². The normalized spacial score (nSPS) is 20.1. The predicted octanol–water partition coefficient (Wildman–Crippen LogP) is 6.71. The van der Waals surface area contributed by atoms with Gasteiger partial charge >= 0.3 is 5.97 Å². The lowest BCUT2D eigenvalue weighted by Crippen LogP contribution is -2.46. The third kappa shape index (κ3) is 16.5. The number of carboxylic acids is 1. The predicted molar refractivity (Wildman–Crippen MR) is 191 cm³/mol. The van der Waals surface area contributed by atoms with E-state index >= 15 is 0 Å². The van der Waals surface area contributed by atoms with Gasteiger partial charge in [-0.15, -0.1) is 0 Å². The number of aryl methyl sites for hydroxylation is 1. The van der Waals surface area contributed by atoms with Gasteiger partial charge < -0.3 is 30.8 Å². The molecule has 1 aromatic rings. The van der Waals surface area contributed by atoms with E-state index in [9.17, 15) is 30.3 Å². The van der Waals surface area contributed by atoms with E-state index in [1.165, 1.54) is 0 Å². The maximum Gasteiger partial charge on any atom is 0.303 e. The van der Waals surface area contributed by atoms with Gasteiger partial charge in [0.05, 0.1) is 24.9 Å². The van der Waals surface area contributed by atoms with Gasteiger partial charge in [0.2, 0.25) is 0 Å². The molecule has 7 nitrogen and oxygen atoms in total.